The Kier molecular flexibility index (Phi) is 2.96. The minimum absolute atomic E-state index is 0.258. The van der Waals surface area contributed by atoms with Gasteiger partial charge in [-0.15, -0.1) is 11.3 Å². The molecule has 0 radical (unpaired) electrons. The van der Waals surface area contributed by atoms with Crippen LogP contribution in [0.15, 0.2) is 35.7 Å². The second-order valence-corrected chi connectivity index (χ2v) is 5.62. The summed E-state index contributed by atoms with van der Waals surface area (Å²) in [5.74, 6) is -0.249. The zero-order valence-corrected chi connectivity index (χ0v) is 10.6. The Morgan fingerprint density at radius 3 is 2.78 bits per heavy atom. The summed E-state index contributed by atoms with van der Waals surface area (Å²) in [6.45, 7) is 0. The highest BCUT2D eigenvalue weighted by Crippen LogP contribution is 2.44. The van der Waals surface area contributed by atoms with Crippen molar-refractivity contribution in [3.05, 3.63) is 46.4 Å². The molecular weight excluding hydrogens is 249 g/mol. The van der Waals surface area contributed by atoms with Crippen molar-refractivity contribution in [1.29, 1.82) is 0 Å². The molecule has 1 aromatic heterocycles. The Balaban J connectivity index is 1.82. The van der Waals surface area contributed by atoms with Crippen LogP contribution in [0.25, 0.3) is 0 Å². The Bertz CT molecular complexity index is 537. The monoisotopic (exact) mass is 263 g/mol. The Morgan fingerprint density at radius 2 is 2.17 bits per heavy atom. The summed E-state index contributed by atoms with van der Waals surface area (Å²) >= 11 is 1.72. The van der Waals surface area contributed by atoms with Crippen LogP contribution in [0.4, 0.5) is 10.1 Å². The second-order valence-electron chi connectivity index (χ2n) is 4.64. The number of hydrogen-bond donors (Lipinski definition) is 2. The van der Waals surface area contributed by atoms with Gasteiger partial charge in [-0.1, -0.05) is 6.07 Å². The van der Waals surface area contributed by atoms with E-state index in [0.29, 0.717) is 5.92 Å². The zero-order chi connectivity index (χ0) is 12.5. The minimum atomic E-state index is -0.583. The van der Waals surface area contributed by atoms with Gasteiger partial charge in [-0.2, -0.15) is 0 Å². The maximum atomic E-state index is 13.3. The van der Waals surface area contributed by atoms with Gasteiger partial charge in [-0.25, -0.2) is 4.39 Å². The molecule has 18 heavy (non-hydrogen) atoms. The number of halogens is 1. The number of aromatic hydroxyl groups is 1. The SMILES string of the molecule is Oc1ccc(NC(c2cccs2)C2CC2)cc1F. The Labute approximate surface area is 109 Å². The van der Waals surface area contributed by atoms with E-state index >= 15 is 0 Å². The molecule has 0 spiro atoms. The fraction of sp³-hybridized carbons (Fsp3) is 0.286. The van der Waals surface area contributed by atoms with Crippen LogP contribution in [0, 0.1) is 11.7 Å². The van der Waals surface area contributed by atoms with E-state index in [2.05, 4.69) is 16.8 Å². The van der Waals surface area contributed by atoms with Crippen LogP contribution >= 0.6 is 11.3 Å². The Morgan fingerprint density at radius 1 is 1.33 bits per heavy atom. The highest BCUT2D eigenvalue weighted by molar-refractivity contribution is 7.10. The number of phenols is 1. The van der Waals surface area contributed by atoms with Crippen molar-refractivity contribution in [3.63, 3.8) is 0 Å². The van der Waals surface area contributed by atoms with Crippen LogP contribution in [-0.2, 0) is 0 Å². The van der Waals surface area contributed by atoms with Gasteiger partial charge in [0, 0.05) is 16.6 Å². The second kappa shape index (κ2) is 4.61. The molecule has 0 saturated heterocycles. The predicted octanol–water partition coefficient (Wildman–Crippen LogP) is 4.16. The van der Waals surface area contributed by atoms with Gasteiger partial charge in [0.1, 0.15) is 0 Å². The van der Waals surface area contributed by atoms with Crippen molar-refractivity contribution in [2.45, 2.75) is 18.9 Å². The summed E-state index contributed by atoms with van der Waals surface area (Å²) in [5, 5.41) is 14.6. The smallest absolute Gasteiger partial charge is 0.166 e. The third-order valence-electron chi connectivity index (χ3n) is 3.21. The average Bonchev–Trinajstić information content (AvgIpc) is 3.05. The van der Waals surface area contributed by atoms with Crippen LogP contribution in [0.5, 0.6) is 5.75 Å². The van der Waals surface area contributed by atoms with Crippen LogP contribution in [-0.4, -0.2) is 5.11 Å². The number of nitrogens with one attached hydrogen (secondary N) is 1. The van der Waals surface area contributed by atoms with Gasteiger partial charge in [-0.3, -0.25) is 0 Å². The summed E-state index contributed by atoms with van der Waals surface area (Å²) in [7, 11) is 0. The largest absolute Gasteiger partial charge is 0.505 e. The van der Waals surface area contributed by atoms with Gasteiger partial charge < -0.3 is 10.4 Å². The lowest BCUT2D eigenvalue weighted by Gasteiger charge is -2.18. The highest BCUT2D eigenvalue weighted by atomic mass is 32.1. The van der Waals surface area contributed by atoms with Gasteiger partial charge >= 0.3 is 0 Å². The van der Waals surface area contributed by atoms with Crippen LogP contribution in [0.1, 0.15) is 23.8 Å². The number of hydrogen-bond acceptors (Lipinski definition) is 3. The number of thiophene rings is 1. The van der Waals surface area contributed by atoms with Crippen molar-refractivity contribution < 1.29 is 9.50 Å². The lowest BCUT2D eigenvalue weighted by Crippen LogP contribution is -2.11. The molecule has 1 atom stereocenters. The lowest BCUT2D eigenvalue weighted by atomic mass is 10.1. The molecule has 1 heterocycles. The van der Waals surface area contributed by atoms with E-state index in [4.69, 9.17) is 0 Å². The summed E-state index contributed by atoms with van der Waals surface area (Å²) in [6.07, 6.45) is 2.44. The molecule has 1 aliphatic carbocycles. The van der Waals surface area contributed by atoms with Gasteiger partial charge in [0.2, 0.25) is 0 Å². The molecule has 2 nitrogen and oxygen atoms in total. The van der Waals surface area contributed by atoms with Crippen molar-refractivity contribution in [2.75, 3.05) is 5.32 Å². The lowest BCUT2D eigenvalue weighted by molar-refractivity contribution is 0.432. The van der Waals surface area contributed by atoms with E-state index in [0.717, 1.165) is 5.69 Å². The summed E-state index contributed by atoms with van der Waals surface area (Å²) in [4.78, 5) is 1.28. The van der Waals surface area contributed by atoms with E-state index in [1.54, 1.807) is 17.4 Å². The summed E-state index contributed by atoms with van der Waals surface area (Å²) < 4.78 is 13.3. The fourth-order valence-corrected chi connectivity index (χ4v) is 2.96. The molecule has 2 N–H and O–H groups in total. The summed E-state index contributed by atoms with van der Waals surface area (Å²) in [5.41, 5.74) is 0.718. The molecule has 1 aliphatic rings. The highest BCUT2D eigenvalue weighted by Gasteiger charge is 2.32. The summed E-state index contributed by atoms with van der Waals surface area (Å²) in [6, 6.07) is 8.84. The molecule has 1 fully saturated rings. The van der Waals surface area contributed by atoms with E-state index < -0.39 is 5.82 Å². The molecule has 94 valence electrons. The first kappa shape index (κ1) is 11.5. The van der Waals surface area contributed by atoms with Crippen LogP contribution in [0.3, 0.4) is 0 Å². The molecule has 2 aromatic rings. The molecule has 1 unspecified atom stereocenters. The Hall–Kier alpha value is -1.55. The van der Waals surface area contributed by atoms with Crippen LogP contribution in [0.2, 0.25) is 0 Å². The van der Waals surface area contributed by atoms with Gasteiger partial charge in [0.05, 0.1) is 6.04 Å². The first-order chi connectivity index (χ1) is 8.74. The maximum Gasteiger partial charge on any atom is 0.166 e. The number of phenolic OH excluding ortho intramolecular Hbond substituents is 1. The molecule has 0 aliphatic heterocycles. The van der Waals surface area contributed by atoms with E-state index in [-0.39, 0.29) is 11.8 Å². The molecule has 1 aromatic carbocycles. The molecule has 1 saturated carbocycles. The molecule has 3 rings (SSSR count). The average molecular weight is 263 g/mol. The van der Waals surface area contributed by atoms with Gasteiger partial charge in [0.15, 0.2) is 11.6 Å². The fourth-order valence-electron chi connectivity index (χ4n) is 2.10. The van der Waals surface area contributed by atoms with Gasteiger partial charge in [0.25, 0.3) is 0 Å². The number of benzene rings is 1. The molecule has 4 heteroatoms. The van der Waals surface area contributed by atoms with E-state index in [9.17, 15) is 9.50 Å². The van der Waals surface area contributed by atoms with Gasteiger partial charge in [-0.05, 0) is 42.3 Å². The van der Waals surface area contributed by atoms with Crippen molar-refractivity contribution >= 4 is 17.0 Å². The normalized spacial score (nSPS) is 16.5. The third kappa shape index (κ3) is 2.34. The third-order valence-corrected chi connectivity index (χ3v) is 4.17. The zero-order valence-electron chi connectivity index (χ0n) is 9.77. The van der Waals surface area contributed by atoms with E-state index in [1.807, 2.05) is 6.07 Å². The maximum absolute atomic E-state index is 13.3. The molecule has 0 bridgehead atoms. The standard InChI is InChI=1S/C14H14FNOS/c15-11-8-10(5-6-12(11)17)16-14(9-3-4-9)13-2-1-7-18-13/h1-2,5-9,14,16-17H,3-4H2. The first-order valence-electron chi connectivity index (χ1n) is 6.02. The van der Waals surface area contributed by atoms with E-state index in [1.165, 1.54) is 29.9 Å². The first-order valence-corrected chi connectivity index (χ1v) is 6.90. The number of anilines is 1. The quantitative estimate of drug-likeness (QED) is 0.812. The predicted molar refractivity (Wildman–Crippen MR) is 71.5 cm³/mol. The topological polar surface area (TPSA) is 32.3 Å². The molecule has 0 amide bonds. The van der Waals surface area contributed by atoms with Crippen molar-refractivity contribution in [3.8, 4) is 5.75 Å². The minimum Gasteiger partial charge on any atom is -0.505 e. The van der Waals surface area contributed by atoms with Crippen molar-refractivity contribution in [2.24, 2.45) is 5.92 Å². The molecular formula is C14H14FNOS. The van der Waals surface area contributed by atoms with Crippen LogP contribution < -0.4 is 5.32 Å². The van der Waals surface area contributed by atoms with Crippen molar-refractivity contribution in [1.82, 2.24) is 0 Å². The number of rotatable bonds is 4.